The summed E-state index contributed by atoms with van der Waals surface area (Å²) in [7, 11) is 0. The zero-order chi connectivity index (χ0) is 19.9. The molecule has 1 aromatic rings. The quantitative estimate of drug-likeness (QED) is 0.780. The summed E-state index contributed by atoms with van der Waals surface area (Å²) in [5.41, 5.74) is 0.906. The Kier molecular flexibility index (Phi) is 7.01. The third-order valence-corrected chi connectivity index (χ3v) is 5.63. The average molecular weight is 385 g/mol. The number of nitrogens with one attached hydrogen (secondary N) is 1. The van der Waals surface area contributed by atoms with E-state index in [1.54, 1.807) is 24.3 Å². The van der Waals surface area contributed by atoms with Crippen molar-refractivity contribution in [3.8, 4) is 6.07 Å². The fourth-order valence-electron chi connectivity index (χ4n) is 4.15. The van der Waals surface area contributed by atoms with Crippen LogP contribution in [0.2, 0.25) is 0 Å². The Hall–Kier alpha value is -2.43. The Bertz CT molecular complexity index is 745. The number of benzene rings is 1. The minimum Gasteiger partial charge on any atom is -0.393 e. The number of carbonyl (C=O) groups excluding carboxylic acids is 2. The van der Waals surface area contributed by atoms with Crippen molar-refractivity contribution in [2.24, 2.45) is 5.92 Å². The maximum absolute atomic E-state index is 12.7. The van der Waals surface area contributed by atoms with Crippen molar-refractivity contribution < 1.29 is 19.4 Å². The van der Waals surface area contributed by atoms with Crippen LogP contribution in [0.25, 0.3) is 0 Å². The summed E-state index contributed by atoms with van der Waals surface area (Å²) in [6.07, 6.45) is 3.26. The fourth-order valence-corrected chi connectivity index (χ4v) is 4.15. The number of hydrogen-bond donors (Lipinski definition) is 2. The van der Waals surface area contributed by atoms with Gasteiger partial charge in [0.25, 0.3) is 0 Å². The van der Waals surface area contributed by atoms with Crippen molar-refractivity contribution in [2.75, 3.05) is 25.1 Å². The molecule has 1 saturated heterocycles. The van der Waals surface area contributed by atoms with Crippen molar-refractivity contribution in [1.29, 1.82) is 5.26 Å². The first-order valence-corrected chi connectivity index (χ1v) is 9.94. The number of aliphatic hydroxyl groups excluding tert-OH is 1. The molecule has 28 heavy (non-hydrogen) atoms. The Morgan fingerprint density at radius 3 is 2.86 bits per heavy atom. The summed E-state index contributed by atoms with van der Waals surface area (Å²) in [6.45, 7) is 1.52. The van der Waals surface area contributed by atoms with Gasteiger partial charge in [-0.3, -0.25) is 9.59 Å². The van der Waals surface area contributed by atoms with Gasteiger partial charge < -0.3 is 20.1 Å². The van der Waals surface area contributed by atoms with Gasteiger partial charge in [-0.25, -0.2) is 0 Å². The van der Waals surface area contributed by atoms with Crippen LogP contribution in [0.1, 0.15) is 44.1 Å². The van der Waals surface area contributed by atoms with E-state index in [2.05, 4.69) is 5.32 Å². The Morgan fingerprint density at radius 2 is 2.11 bits per heavy atom. The van der Waals surface area contributed by atoms with Gasteiger partial charge in [0.05, 0.1) is 36.6 Å². The number of carbonyl (C=O) groups is 2. The largest absolute Gasteiger partial charge is 0.393 e. The minimum atomic E-state index is -0.368. The zero-order valence-corrected chi connectivity index (χ0v) is 16.0. The summed E-state index contributed by atoms with van der Waals surface area (Å²) in [6, 6.07) is 8.81. The normalized spacial score (nSPS) is 24.6. The van der Waals surface area contributed by atoms with E-state index in [1.165, 1.54) is 0 Å². The third kappa shape index (κ3) is 4.89. The number of amides is 2. The molecule has 150 valence electrons. The molecule has 3 rings (SSSR count). The average Bonchev–Trinajstić information content (AvgIpc) is 3.14. The van der Waals surface area contributed by atoms with Crippen LogP contribution >= 0.6 is 0 Å². The Balaban J connectivity index is 1.49. The van der Waals surface area contributed by atoms with Crippen molar-refractivity contribution in [3.05, 3.63) is 29.8 Å². The van der Waals surface area contributed by atoms with E-state index >= 15 is 0 Å². The molecule has 0 radical (unpaired) electrons. The number of nitrogens with zero attached hydrogens (tertiary/aromatic N) is 2. The number of aliphatic hydroxyl groups is 1. The molecule has 0 spiro atoms. The molecule has 3 atom stereocenters. The summed E-state index contributed by atoms with van der Waals surface area (Å²) in [5.74, 6) is -0.118. The zero-order valence-electron chi connectivity index (χ0n) is 16.0. The van der Waals surface area contributed by atoms with Crippen molar-refractivity contribution >= 4 is 17.5 Å². The number of nitriles is 1. The summed E-state index contributed by atoms with van der Waals surface area (Å²) in [4.78, 5) is 26.7. The number of para-hydroxylation sites is 1. The van der Waals surface area contributed by atoms with Crippen LogP contribution in [-0.4, -0.2) is 53.7 Å². The number of morpholine rings is 1. The maximum Gasteiger partial charge on any atom is 0.224 e. The highest BCUT2D eigenvalue weighted by Crippen LogP contribution is 2.32. The van der Waals surface area contributed by atoms with Crippen LogP contribution in [0, 0.1) is 17.2 Å². The van der Waals surface area contributed by atoms with Gasteiger partial charge in [-0.05, 0) is 31.4 Å². The minimum absolute atomic E-state index is 0.0117. The SMILES string of the molecule is N#Cc1ccccc1NC(=O)CCCC(=O)N1CCOC[C@@H]1[C@H]1CCC[C@H]1O. The van der Waals surface area contributed by atoms with Crippen LogP contribution in [0.15, 0.2) is 24.3 Å². The second kappa shape index (κ2) is 9.67. The standard InChI is InChI=1S/C21H27N3O4/c22-13-15-5-1-2-7-17(15)23-20(26)9-4-10-21(27)24-11-12-28-14-18(24)16-6-3-8-19(16)25/h1-2,5,7,16,18-19,25H,3-4,6,8-12,14H2,(H,23,26)/t16-,18-,19-/m1/s1. The number of rotatable bonds is 6. The molecular weight excluding hydrogens is 358 g/mol. The van der Waals surface area contributed by atoms with E-state index in [0.29, 0.717) is 37.4 Å². The van der Waals surface area contributed by atoms with Crippen molar-refractivity contribution in [2.45, 2.75) is 50.7 Å². The predicted molar refractivity (Wildman–Crippen MR) is 103 cm³/mol. The molecule has 1 saturated carbocycles. The lowest BCUT2D eigenvalue weighted by atomic mass is 9.94. The van der Waals surface area contributed by atoms with Crippen LogP contribution < -0.4 is 5.32 Å². The summed E-state index contributed by atoms with van der Waals surface area (Å²) in [5, 5.41) is 22.0. The van der Waals surface area contributed by atoms with E-state index in [0.717, 1.165) is 19.3 Å². The highest BCUT2D eigenvalue weighted by molar-refractivity contribution is 5.92. The molecular formula is C21H27N3O4. The van der Waals surface area contributed by atoms with Gasteiger partial charge in [0.2, 0.25) is 11.8 Å². The molecule has 7 heteroatoms. The molecule has 1 aliphatic carbocycles. The molecule has 0 aromatic heterocycles. The lowest BCUT2D eigenvalue weighted by molar-refractivity contribution is -0.144. The molecule has 7 nitrogen and oxygen atoms in total. The second-order valence-corrected chi connectivity index (χ2v) is 7.45. The third-order valence-electron chi connectivity index (χ3n) is 5.63. The smallest absolute Gasteiger partial charge is 0.224 e. The van der Waals surface area contributed by atoms with Crippen molar-refractivity contribution in [3.63, 3.8) is 0 Å². The second-order valence-electron chi connectivity index (χ2n) is 7.45. The predicted octanol–water partition coefficient (Wildman–Crippen LogP) is 2.06. The van der Waals surface area contributed by atoms with Gasteiger partial charge in [0.1, 0.15) is 6.07 Å². The van der Waals surface area contributed by atoms with Gasteiger partial charge in [-0.2, -0.15) is 5.26 Å². The van der Waals surface area contributed by atoms with Crippen LogP contribution in [0.5, 0.6) is 0 Å². The van der Waals surface area contributed by atoms with E-state index in [4.69, 9.17) is 10.00 Å². The molecule has 2 N–H and O–H groups in total. The van der Waals surface area contributed by atoms with Gasteiger partial charge in [-0.15, -0.1) is 0 Å². The highest BCUT2D eigenvalue weighted by atomic mass is 16.5. The van der Waals surface area contributed by atoms with Gasteiger partial charge in [0.15, 0.2) is 0 Å². The fraction of sp³-hybridized carbons (Fsp3) is 0.571. The van der Waals surface area contributed by atoms with Gasteiger partial charge in [-0.1, -0.05) is 18.6 Å². The van der Waals surface area contributed by atoms with E-state index in [1.807, 2.05) is 11.0 Å². The van der Waals surface area contributed by atoms with E-state index < -0.39 is 0 Å². The first-order chi connectivity index (χ1) is 13.6. The van der Waals surface area contributed by atoms with Crippen LogP contribution in [-0.2, 0) is 14.3 Å². The molecule has 0 bridgehead atoms. The lowest BCUT2D eigenvalue weighted by Crippen LogP contribution is -2.53. The first kappa shape index (κ1) is 20.3. The first-order valence-electron chi connectivity index (χ1n) is 9.94. The Morgan fingerprint density at radius 1 is 1.29 bits per heavy atom. The summed E-state index contributed by atoms with van der Waals surface area (Å²) >= 11 is 0. The van der Waals surface area contributed by atoms with E-state index in [9.17, 15) is 14.7 Å². The van der Waals surface area contributed by atoms with Crippen LogP contribution in [0.4, 0.5) is 5.69 Å². The topological polar surface area (TPSA) is 103 Å². The molecule has 2 amide bonds. The Labute approximate surface area is 165 Å². The number of hydrogen-bond acceptors (Lipinski definition) is 5. The van der Waals surface area contributed by atoms with Crippen molar-refractivity contribution in [1.82, 2.24) is 4.90 Å². The molecule has 1 aliphatic heterocycles. The number of ether oxygens (including phenoxy) is 1. The van der Waals surface area contributed by atoms with Gasteiger partial charge in [0, 0.05) is 25.3 Å². The number of anilines is 1. The lowest BCUT2D eigenvalue weighted by Gasteiger charge is -2.40. The molecule has 2 fully saturated rings. The molecule has 1 aromatic carbocycles. The van der Waals surface area contributed by atoms with Crippen LogP contribution in [0.3, 0.4) is 0 Å². The van der Waals surface area contributed by atoms with Gasteiger partial charge >= 0.3 is 0 Å². The molecule has 2 aliphatic rings. The molecule has 0 unspecified atom stereocenters. The van der Waals surface area contributed by atoms with E-state index in [-0.39, 0.29) is 42.7 Å². The monoisotopic (exact) mass is 385 g/mol. The molecule has 1 heterocycles. The summed E-state index contributed by atoms with van der Waals surface area (Å²) < 4.78 is 5.56. The maximum atomic E-state index is 12.7. The highest BCUT2D eigenvalue weighted by Gasteiger charge is 2.39.